The van der Waals surface area contributed by atoms with Crippen LogP contribution >= 0.6 is 0 Å². The predicted molar refractivity (Wildman–Crippen MR) is 69.8 cm³/mol. The van der Waals surface area contributed by atoms with Crippen LogP contribution in [-0.2, 0) is 4.79 Å². The molecule has 0 unspecified atom stereocenters. The zero-order valence-electron chi connectivity index (χ0n) is 11.3. The van der Waals surface area contributed by atoms with E-state index >= 15 is 0 Å². The molecule has 0 saturated heterocycles. The molecule has 3 nitrogen and oxygen atoms in total. The Labute approximate surface area is 105 Å². The molecule has 2 fully saturated rings. The molecule has 0 aromatic carbocycles. The Morgan fingerprint density at radius 2 is 1.59 bits per heavy atom. The van der Waals surface area contributed by atoms with Crippen LogP contribution in [0.1, 0.15) is 38.5 Å². The lowest BCUT2D eigenvalue weighted by Gasteiger charge is -2.23. The van der Waals surface area contributed by atoms with Crippen LogP contribution in [0.25, 0.3) is 0 Å². The number of carbonyl (C=O) groups excluding carboxylic acids is 1. The molecule has 0 aromatic rings. The summed E-state index contributed by atoms with van der Waals surface area (Å²) in [6.07, 6.45) is 8.11. The molecule has 0 bridgehead atoms. The van der Waals surface area contributed by atoms with Crippen LogP contribution in [0.2, 0.25) is 0 Å². The third kappa shape index (κ3) is 4.30. The Morgan fingerprint density at radius 3 is 2.18 bits per heavy atom. The van der Waals surface area contributed by atoms with E-state index in [2.05, 4.69) is 11.9 Å². The summed E-state index contributed by atoms with van der Waals surface area (Å²) in [5.74, 6) is 1.92. The first-order chi connectivity index (χ1) is 8.15. The zero-order valence-corrected chi connectivity index (χ0v) is 11.3. The van der Waals surface area contributed by atoms with Crippen LogP contribution in [0.4, 0.5) is 0 Å². The van der Waals surface area contributed by atoms with E-state index in [1.165, 1.54) is 38.5 Å². The molecule has 2 rings (SSSR count). The van der Waals surface area contributed by atoms with Crippen LogP contribution < -0.4 is 0 Å². The van der Waals surface area contributed by atoms with Gasteiger partial charge in [0.2, 0.25) is 5.91 Å². The van der Waals surface area contributed by atoms with Gasteiger partial charge >= 0.3 is 0 Å². The van der Waals surface area contributed by atoms with Gasteiger partial charge in [-0.3, -0.25) is 9.69 Å². The third-order valence-corrected chi connectivity index (χ3v) is 4.10. The molecule has 3 heteroatoms. The Kier molecular flexibility index (Phi) is 4.43. The van der Waals surface area contributed by atoms with Gasteiger partial charge < -0.3 is 4.90 Å². The van der Waals surface area contributed by atoms with Crippen molar-refractivity contribution in [1.82, 2.24) is 9.80 Å². The van der Waals surface area contributed by atoms with Crippen LogP contribution in [0.3, 0.4) is 0 Å². The maximum atomic E-state index is 12.0. The topological polar surface area (TPSA) is 23.6 Å². The SMILES string of the molecule is CN(CC(=O)N(C)CC1CC1)CC1CCCC1. The van der Waals surface area contributed by atoms with Gasteiger partial charge in [0.1, 0.15) is 0 Å². The Bertz CT molecular complexity index is 257. The number of likely N-dealkylation sites (N-methyl/N-ethyl adjacent to an activating group) is 2. The summed E-state index contributed by atoms with van der Waals surface area (Å²) in [4.78, 5) is 16.1. The van der Waals surface area contributed by atoms with Crippen molar-refractivity contribution in [2.75, 3.05) is 33.7 Å². The van der Waals surface area contributed by atoms with Crippen molar-refractivity contribution < 1.29 is 4.79 Å². The summed E-state index contributed by atoms with van der Waals surface area (Å²) < 4.78 is 0. The summed E-state index contributed by atoms with van der Waals surface area (Å²) in [5, 5.41) is 0. The molecule has 0 heterocycles. The second-order valence-corrected chi connectivity index (χ2v) is 6.06. The van der Waals surface area contributed by atoms with Gasteiger partial charge in [-0.25, -0.2) is 0 Å². The van der Waals surface area contributed by atoms with E-state index in [1.54, 1.807) is 0 Å². The van der Waals surface area contributed by atoms with E-state index in [0.29, 0.717) is 6.54 Å². The largest absolute Gasteiger partial charge is 0.344 e. The molecule has 2 saturated carbocycles. The van der Waals surface area contributed by atoms with Crippen molar-refractivity contribution in [3.63, 3.8) is 0 Å². The van der Waals surface area contributed by atoms with E-state index in [-0.39, 0.29) is 5.91 Å². The van der Waals surface area contributed by atoms with E-state index in [4.69, 9.17) is 0 Å². The number of carbonyl (C=O) groups is 1. The summed E-state index contributed by atoms with van der Waals surface area (Å²) in [6.45, 7) is 2.67. The van der Waals surface area contributed by atoms with E-state index in [0.717, 1.165) is 24.9 Å². The van der Waals surface area contributed by atoms with E-state index in [1.807, 2.05) is 11.9 Å². The molecular formula is C14H26N2O. The van der Waals surface area contributed by atoms with Crippen LogP contribution in [0.5, 0.6) is 0 Å². The van der Waals surface area contributed by atoms with Crippen molar-refractivity contribution in [2.45, 2.75) is 38.5 Å². The molecule has 0 aromatic heterocycles. The van der Waals surface area contributed by atoms with Gasteiger partial charge in [-0.1, -0.05) is 12.8 Å². The van der Waals surface area contributed by atoms with Gasteiger partial charge in [-0.05, 0) is 44.6 Å². The minimum atomic E-state index is 0.289. The average Bonchev–Trinajstić information content (AvgIpc) is 2.93. The molecule has 17 heavy (non-hydrogen) atoms. The van der Waals surface area contributed by atoms with Gasteiger partial charge in [0, 0.05) is 20.1 Å². The molecule has 1 amide bonds. The normalized spacial score (nSPS) is 21.1. The number of nitrogens with zero attached hydrogens (tertiary/aromatic N) is 2. The highest BCUT2D eigenvalue weighted by Crippen LogP contribution is 2.29. The minimum absolute atomic E-state index is 0.289. The molecule has 98 valence electrons. The number of hydrogen-bond donors (Lipinski definition) is 0. The Morgan fingerprint density at radius 1 is 1.00 bits per heavy atom. The molecule has 0 aliphatic heterocycles. The molecule has 0 radical (unpaired) electrons. The van der Waals surface area contributed by atoms with Crippen LogP contribution in [0.15, 0.2) is 0 Å². The first kappa shape index (κ1) is 12.9. The molecule has 0 atom stereocenters. The maximum Gasteiger partial charge on any atom is 0.236 e. The fourth-order valence-corrected chi connectivity index (χ4v) is 2.84. The van der Waals surface area contributed by atoms with Gasteiger partial charge in [0.15, 0.2) is 0 Å². The van der Waals surface area contributed by atoms with Crippen molar-refractivity contribution >= 4 is 5.91 Å². The Hall–Kier alpha value is -0.570. The molecule has 2 aliphatic rings. The standard InChI is InChI=1S/C14H26N2O/c1-15(9-12-5-3-4-6-12)11-14(17)16(2)10-13-7-8-13/h12-13H,3-11H2,1-2H3. The van der Waals surface area contributed by atoms with Crippen molar-refractivity contribution in [2.24, 2.45) is 11.8 Å². The number of hydrogen-bond acceptors (Lipinski definition) is 2. The van der Waals surface area contributed by atoms with E-state index < -0.39 is 0 Å². The second-order valence-electron chi connectivity index (χ2n) is 6.06. The molecular weight excluding hydrogens is 212 g/mol. The lowest BCUT2D eigenvalue weighted by molar-refractivity contribution is -0.131. The van der Waals surface area contributed by atoms with E-state index in [9.17, 15) is 4.79 Å². The molecule has 2 aliphatic carbocycles. The molecule has 0 N–H and O–H groups in total. The average molecular weight is 238 g/mol. The second kappa shape index (κ2) is 5.85. The fraction of sp³-hybridized carbons (Fsp3) is 0.929. The van der Waals surface area contributed by atoms with Gasteiger partial charge in [-0.15, -0.1) is 0 Å². The first-order valence-electron chi connectivity index (χ1n) is 7.07. The Balaban J connectivity index is 1.65. The maximum absolute atomic E-state index is 12.0. The highest BCUT2D eigenvalue weighted by molar-refractivity contribution is 5.77. The number of rotatable bonds is 6. The van der Waals surface area contributed by atoms with Gasteiger partial charge in [0.25, 0.3) is 0 Å². The summed E-state index contributed by atoms with van der Waals surface area (Å²) in [7, 11) is 4.03. The molecule has 0 spiro atoms. The van der Waals surface area contributed by atoms with Crippen molar-refractivity contribution in [1.29, 1.82) is 0 Å². The quantitative estimate of drug-likeness (QED) is 0.706. The fourth-order valence-electron chi connectivity index (χ4n) is 2.84. The van der Waals surface area contributed by atoms with Crippen LogP contribution in [0, 0.1) is 11.8 Å². The van der Waals surface area contributed by atoms with Crippen molar-refractivity contribution in [3.8, 4) is 0 Å². The van der Waals surface area contributed by atoms with Crippen LogP contribution in [-0.4, -0.2) is 49.4 Å². The van der Waals surface area contributed by atoms with Gasteiger partial charge in [-0.2, -0.15) is 0 Å². The lowest BCUT2D eigenvalue weighted by atomic mass is 10.1. The third-order valence-electron chi connectivity index (χ3n) is 4.10. The smallest absolute Gasteiger partial charge is 0.236 e. The first-order valence-corrected chi connectivity index (χ1v) is 7.07. The van der Waals surface area contributed by atoms with Gasteiger partial charge in [0.05, 0.1) is 6.54 Å². The number of amides is 1. The minimum Gasteiger partial charge on any atom is -0.344 e. The predicted octanol–water partition coefficient (Wildman–Crippen LogP) is 1.98. The summed E-state index contributed by atoms with van der Waals surface area (Å²) >= 11 is 0. The van der Waals surface area contributed by atoms with Crippen molar-refractivity contribution in [3.05, 3.63) is 0 Å². The summed E-state index contributed by atoms with van der Waals surface area (Å²) in [5.41, 5.74) is 0. The lowest BCUT2D eigenvalue weighted by Crippen LogP contribution is -2.39. The highest BCUT2D eigenvalue weighted by Gasteiger charge is 2.25. The monoisotopic (exact) mass is 238 g/mol. The highest BCUT2D eigenvalue weighted by atomic mass is 16.2. The summed E-state index contributed by atoms with van der Waals surface area (Å²) in [6, 6.07) is 0. The zero-order chi connectivity index (χ0) is 12.3.